The summed E-state index contributed by atoms with van der Waals surface area (Å²) in [4.78, 5) is 8.17. The van der Waals surface area contributed by atoms with Crippen LogP contribution in [0.5, 0.6) is 0 Å². The molecule has 2 rings (SSSR count). The van der Waals surface area contributed by atoms with Crippen LogP contribution in [0.4, 0.5) is 0 Å². The SMILES string of the molecule is Cc1nnnn1-c1ncc(I)cn1. The Hall–Kier alpha value is -1.12. The van der Waals surface area contributed by atoms with Crippen LogP contribution in [-0.4, -0.2) is 30.2 Å². The predicted octanol–water partition coefficient (Wildman–Crippen LogP) is 0.365. The third kappa shape index (κ3) is 1.64. The van der Waals surface area contributed by atoms with E-state index in [0.29, 0.717) is 11.8 Å². The van der Waals surface area contributed by atoms with Gasteiger partial charge in [-0.2, -0.15) is 4.68 Å². The molecule has 13 heavy (non-hydrogen) atoms. The van der Waals surface area contributed by atoms with E-state index in [2.05, 4.69) is 48.1 Å². The highest BCUT2D eigenvalue weighted by atomic mass is 127. The highest BCUT2D eigenvalue weighted by Gasteiger charge is 2.04. The maximum absolute atomic E-state index is 4.08. The predicted molar refractivity (Wildman–Crippen MR) is 52.2 cm³/mol. The number of aryl methyl sites for hydroxylation is 1. The van der Waals surface area contributed by atoms with Gasteiger partial charge in [-0.3, -0.25) is 0 Å². The van der Waals surface area contributed by atoms with E-state index in [4.69, 9.17) is 0 Å². The van der Waals surface area contributed by atoms with Crippen molar-refractivity contribution in [3.63, 3.8) is 0 Å². The summed E-state index contributed by atoms with van der Waals surface area (Å²) in [5.74, 6) is 1.16. The summed E-state index contributed by atoms with van der Waals surface area (Å²) in [6.07, 6.45) is 3.42. The van der Waals surface area contributed by atoms with Crippen LogP contribution in [0.1, 0.15) is 5.82 Å². The van der Waals surface area contributed by atoms with E-state index < -0.39 is 0 Å². The van der Waals surface area contributed by atoms with Gasteiger partial charge in [0, 0.05) is 16.0 Å². The zero-order chi connectivity index (χ0) is 9.26. The Morgan fingerprint density at radius 1 is 1.31 bits per heavy atom. The smallest absolute Gasteiger partial charge is 0.218 e. The minimum atomic E-state index is 0.489. The molecule has 0 aliphatic carbocycles. The summed E-state index contributed by atoms with van der Waals surface area (Å²) < 4.78 is 2.46. The Kier molecular flexibility index (Phi) is 2.17. The minimum absolute atomic E-state index is 0.489. The van der Waals surface area contributed by atoms with Crippen LogP contribution in [0.2, 0.25) is 0 Å². The average molecular weight is 288 g/mol. The van der Waals surface area contributed by atoms with Gasteiger partial charge in [0.05, 0.1) is 0 Å². The second-order valence-corrected chi connectivity index (χ2v) is 3.58. The van der Waals surface area contributed by atoms with Crippen molar-refractivity contribution in [1.82, 2.24) is 30.2 Å². The van der Waals surface area contributed by atoms with E-state index in [1.807, 2.05) is 0 Å². The van der Waals surface area contributed by atoms with Crippen molar-refractivity contribution in [2.75, 3.05) is 0 Å². The van der Waals surface area contributed by atoms with E-state index in [9.17, 15) is 0 Å². The number of halogens is 1. The lowest BCUT2D eigenvalue weighted by molar-refractivity contribution is 0.735. The Morgan fingerprint density at radius 2 is 2.00 bits per heavy atom. The maximum Gasteiger partial charge on any atom is 0.253 e. The van der Waals surface area contributed by atoms with E-state index in [1.54, 1.807) is 19.3 Å². The first-order valence-corrected chi connectivity index (χ1v) is 4.58. The third-order valence-electron chi connectivity index (χ3n) is 1.42. The number of rotatable bonds is 1. The first kappa shape index (κ1) is 8.48. The van der Waals surface area contributed by atoms with Crippen molar-refractivity contribution in [3.8, 4) is 5.95 Å². The molecule has 0 spiro atoms. The lowest BCUT2D eigenvalue weighted by atomic mass is 10.6. The number of tetrazole rings is 1. The second kappa shape index (κ2) is 3.32. The summed E-state index contributed by atoms with van der Waals surface area (Å²) in [5, 5.41) is 11.0. The number of aromatic nitrogens is 6. The van der Waals surface area contributed by atoms with Crippen LogP contribution in [0.15, 0.2) is 12.4 Å². The fourth-order valence-corrected chi connectivity index (χ4v) is 1.11. The molecule has 0 unspecified atom stereocenters. The van der Waals surface area contributed by atoms with E-state index in [1.165, 1.54) is 4.68 Å². The molecule has 0 aliphatic rings. The van der Waals surface area contributed by atoms with Crippen LogP contribution < -0.4 is 0 Å². The topological polar surface area (TPSA) is 69.4 Å². The maximum atomic E-state index is 4.08. The average Bonchev–Trinajstić information content (AvgIpc) is 2.53. The van der Waals surface area contributed by atoms with Crippen molar-refractivity contribution in [3.05, 3.63) is 21.8 Å². The molecule has 7 heteroatoms. The van der Waals surface area contributed by atoms with Crippen LogP contribution in [0.3, 0.4) is 0 Å². The lowest BCUT2D eigenvalue weighted by Crippen LogP contribution is -2.04. The molecule has 66 valence electrons. The monoisotopic (exact) mass is 288 g/mol. The molecule has 2 heterocycles. The Bertz CT molecular complexity index is 407. The van der Waals surface area contributed by atoms with Gasteiger partial charge < -0.3 is 0 Å². The third-order valence-corrected chi connectivity index (χ3v) is 1.98. The van der Waals surface area contributed by atoms with Gasteiger partial charge in [0.15, 0.2) is 5.82 Å². The van der Waals surface area contributed by atoms with Crippen LogP contribution >= 0.6 is 22.6 Å². The van der Waals surface area contributed by atoms with E-state index >= 15 is 0 Å². The molecule has 0 amide bonds. The second-order valence-electron chi connectivity index (χ2n) is 2.34. The minimum Gasteiger partial charge on any atom is -0.218 e. The fourth-order valence-electron chi connectivity index (χ4n) is 0.831. The first-order valence-electron chi connectivity index (χ1n) is 3.50. The molecule has 0 radical (unpaired) electrons. The molecule has 0 bridgehead atoms. The summed E-state index contributed by atoms with van der Waals surface area (Å²) >= 11 is 2.14. The summed E-state index contributed by atoms with van der Waals surface area (Å²) in [7, 11) is 0. The largest absolute Gasteiger partial charge is 0.253 e. The molecule has 0 N–H and O–H groups in total. The zero-order valence-electron chi connectivity index (χ0n) is 6.72. The van der Waals surface area contributed by atoms with Gasteiger partial charge in [-0.05, 0) is 39.9 Å². The van der Waals surface area contributed by atoms with Gasteiger partial charge in [0.1, 0.15) is 0 Å². The van der Waals surface area contributed by atoms with Crippen molar-refractivity contribution >= 4 is 22.6 Å². The Morgan fingerprint density at radius 3 is 2.54 bits per heavy atom. The van der Waals surface area contributed by atoms with Gasteiger partial charge in [0.25, 0.3) is 5.95 Å². The van der Waals surface area contributed by atoms with Gasteiger partial charge in [-0.15, -0.1) is 5.10 Å². The molecular weight excluding hydrogens is 283 g/mol. The van der Waals surface area contributed by atoms with Crippen molar-refractivity contribution < 1.29 is 0 Å². The summed E-state index contributed by atoms with van der Waals surface area (Å²) in [5.41, 5.74) is 0. The standard InChI is InChI=1S/C6H5IN6/c1-4-10-11-12-13(4)6-8-2-5(7)3-9-6/h2-3H,1H3. The van der Waals surface area contributed by atoms with Gasteiger partial charge in [-0.1, -0.05) is 0 Å². The molecule has 0 fully saturated rings. The van der Waals surface area contributed by atoms with Crippen LogP contribution in [0.25, 0.3) is 5.95 Å². The van der Waals surface area contributed by atoms with Crippen molar-refractivity contribution in [1.29, 1.82) is 0 Å². The molecule has 2 aromatic heterocycles. The molecule has 0 saturated carbocycles. The van der Waals surface area contributed by atoms with Crippen LogP contribution in [-0.2, 0) is 0 Å². The normalized spacial score (nSPS) is 10.3. The van der Waals surface area contributed by atoms with E-state index in [0.717, 1.165) is 3.57 Å². The summed E-state index contributed by atoms with van der Waals surface area (Å²) in [6, 6.07) is 0. The van der Waals surface area contributed by atoms with Gasteiger partial charge in [-0.25, -0.2) is 9.97 Å². The molecule has 0 aliphatic heterocycles. The number of nitrogens with zero attached hydrogens (tertiary/aromatic N) is 6. The fraction of sp³-hybridized carbons (Fsp3) is 0.167. The van der Waals surface area contributed by atoms with Gasteiger partial charge in [0.2, 0.25) is 0 Å². The Labute approximate surface area is 87.5 Å². The van der Waals surface area contributed by atoms with Crippen molar-refractivity contribution in [2.24, 2.45) is 0 Å². The molecular formula is C6H5IN6. The number of hydrogen-bond donors (Lipinski definition) is 0. The highest BCUT2D eigenvalue weighted by Crippen LogP contribution is 2.03. The molecule has 0 saturated heterocycles. The molecule has 0 atom stereocenters. The van der Waals surface area contributed by atoms with E-state index in [-0.39, 0.29) is 0 Å². The quantitative estimate of drug-likeness (QED) is 0.709. The molecule has 0 aromatic carbocycles. The number of hydrogen-bond acceptors (Lipinski definition) is 5. The molecule has 2 aromatic rings. The Balaban J connectivity index is 2.47. The van der Waals surface area contributed by atoms with Crippen molar-refractivity contribution in [2.45, 2.75) is 6.92 Å². The van der Waals surface area contributed by atoms with Gasteiger partial charge >= 0.3 is 0 Å². The lowest BCUT2D eigenvalue weighted by Gasteiger charge is -1.97. The summed E-state index contributed by atoms with van der Waals surface area (Å²) in [6.45, 7) is 1.79. The highest BCUT2D eigenvalue weighted by molar-refractivity contribution is 14.1. The molecule has 6 nitrogen and oxygen atoms in total. The zero-order valence-corrected chi connectivity index (χ0v) is 8.87. The van der Waals surface area contributed by atoms with Crippen LogP contribution in [0, 0.1) is 10.5 Å². The first-order chi connectivity index (χ1) is 6.27.